The maximum absolute atomic E-state index is 13.5. The van der Waals surface area contributed by atoms with E-state index in [9.17, 15) is 9.18 Å². The van der Waals surface area contributed by atoms with Crippen LogP contribution in [0.15, 0.2) is 47.5 Å². The minimum absolute atomic E-state index is 0.0179. The van der Waals surface area contributed by atoms with Crippen molar-refractivity contribution in [1.29, 1.82) is 0 Å². The molecule has 0 spiro atoms. The Balaban J connectivity index is 2.05. The summed E-state index contributed by atoms with van der Waals surface area (Å²) in [6, 6.07) is 11.9. The van der Waals surface area contributed by atoms with E-state index in [1.165, 1.54) is 23.5 Å². The van der Waals surface area contributed by atoms with Gasteiger partial charge in [-0.3, -0.25) is 4.79 Å². The molecule has 5 heteroatoms. The minimum atomic E-state index is -0.344. The minimum Gasteiger partial charge on any atom is -0.305 e. The van der Waals surface area contributed by atoms with Gasteiger partial charge >= 0.3 is 0 Å². The first kappa shape index (κ1) is 18.1. The van der Waals surface area contributed by atoms with Crippen LogP contribution < -0.4 is 4.80 Å². The summed E-state index contributed by atoms with van der Waals surface area (Å²) in [7, 11) is 0. The summed E-state index contributed by atoms with van der Waals surface area (Å²) in [6.45, 7) is 6.62. The number of carbonyl (C=O) groups excluding carboxylic acids is 1. The Morgan fingerprint density at radius 1 is 1.23 bits per heavy atom. The van der Waals surface area contributed by atoms with E-state index in [-0.39, 0.29) is 23.7 Å². The molecule has 0 N–H and O–H groups in total. The first-order valence-corrected chi connectivity index (χ1v) is 9.03. The number of aromatic nitrogens is 1. The van der Waals surface area contributed by atoms with Crippen LogP contribution in [0.2, 0.25) is 0 Å². The Labute approximate surface area is 155 Å². The van der Waals surface area contributed by atoms with Gasteiger partial charge in [0.1, 0.15) is 5.82 Å². The number of rotatable bonds is 2. The maximum Gasteiger partial charge on any atom is 0.279 e. The van der Waals surface area contributed by atoms with Gasteiger partial charge < -0.3 is 4.57 Å². The maximum atomic E-state index is 13.5. The first-order chi connectivity index (χ1) is 12.3. The fraction of sp³-hybridized carbons (Fsp3) is 0.238. The van der Waals surface area contributed by atoms with E-state index >= 15 is 0 Å². The molecule has 1 amide bonds. The second-order valence-corrected chi connectivity index (χ2v) is 8.04. The molecule has 0 fully saturated rings. The number of hydrogen-bond donors (Lipinski definition) is 0. The van der Waals surface area contributed by atoms with Gasteiger partial charge in [0.25, 0.3) is 5.91 Å². The molecule has 132 valence electrons. The molecule has 0 unspecified atom stereocenters. The van der Waals surface area contributed by atoms with Crippen LogP contribution in [0.25, 0.3) is 10.2 Å². The van der Waals surface area contributed by atoms with Gasteiger partial charge in [0.2, 0.25) is 0 Å². The number of amides is 1. The zero-order valence-corrected chi connectivity index (χ0v) is 15.7. The summed E-state index contributed by atoms with van der Waals surface area (Å²) < 4.78 is 15.9. The lowest BCUT2D eigenvalue weighted by atomic mass is 9.87. The molecule has 0 bridgehead atoms. The smallest absolute Gasteiger partial charge is 0.279 e. The van der Waals surface area contributed by atoms with Gasteiger partial charge in [0.15, 0.2) is 4.80 Å². The highest BCUT2D eigenvalue weighted by Crippen LogP contribution is 2.22. The van der Waals surface area contributed by atoms with Crippen molar-refractivity contribution in [2.75, 3.05) is 0 Å². The van der Waals surface area contributed by atoms with E-state index in [4.69, 9.17) is 6.42 Å². The molecular weight excluding hydrogens is 347 g/mol. The van der Waals surface area contributed by atoms with Crippen molar-refractivity contribution in [3.63, 3.8) is 0 Å². The molecule has 0 atom stereocenters. The number of nitrogens with zero attached hydrogens (tertiary/aromatic N) is 2. The van der Waals surface area contributed by atoms with Crippen LogP contribution >= 0.6 is 11.3 Å². The third-order valence-electron chi connectivity index (χ3n) is 4.09. The number of terminal acetylenes is 1. The van der Waals surface area contributed by atoms with Gasteiger partial charge in [-0.15, -0.1) is 6.42 Å². The molecule has 26 heavy (non-hydrogen) atoms. The molecule has 1 aromatic heterocycles. The summed E-state index contributed by atoms with van der Waals surface area (Å²) in [5.74, 6) is 1.88. The van der Waals surface area contributed by atoms with Gasteiger partial charge in [-0.05, 0) is 41.3 Å². The van der Waals surface area contributed by atoms with Gasteiger partial charge in [0.05, 0.1) is 16.8 Å². The fourth-order valence-corrected chi connectivity index (χ4v) is 3.69. The van der Waals surface area contributed by atoms with E-state index in [1.807, 2.05) is 12.1 Å². The summed E-state index contributed by atoms with van der Waals surface area (Å²) in [5.41, 5.74) is 2.44. The van der Waals surface area contributed by atoms with Crippen molar-refractivity contribution in [3.8, 4) is 12.3 Å². The Morgan fingerprint density at radius 2 is 1.92 bits per heavy atom. The highest BCUT2D eigenvalue weighted by Gasteiger charge is 2.14. The van der Waals surface area contributed by atoms with Crippen molar-refractivity contribution >= 4 is 27.5 Å². The van der Waals surface area contributed by atoms with Gasteiger partial charge in [-0.25, -0.2) is 4.39 Å². The predicted octanol–water partition coefficient (Wildman–Crippen LogP) is 4.51. The van der Waals surface area contributed by atoms with Crippen LogP contribution in [0.3, 0.4) is 0 Å². The average molecular weight is 366 g/mol. The lowest BCUT2D eigenvalue weighted by Crippen LogP contribution is -2.16. The molecule has 2 aromatic carbocycles. The third kappa shape index (κ3) is 3.61. The number of hydrogen-bond acceptors (Lipinski definition) is 2. The molecule has 0 aliphatic carbocycles. The molecule has 3 aromatic rings. The zero-order chi connectivity index (χ0) is 18.9. The van der Waals surface area contributed by atoms with E-state index in [0.717, 1.165) is 11.1 Å². The highest BCUT2D eigenvalue weighted by molar-refractivity contribution is 7.16. The summed E-state index contributed by atoms with van der Waals surface area (Å²) >= 11 is 1.25. The quantitative estimate of drug-likeness (QED) is 0.614. The molecular formula is C21H19FN2OS. The normalized spacial score (nSPS) is 12.3. The number of carbonyl (C=O) groups is 1. The first-order valence-electron chi connectivity index (χ1n) is 8.21. The SMILES string of the molecule is C#CCn1c(=NC(=O)c2ccc(C(C)(C)C)cc2)sc2cc(F)ccc21. The largest absolute Gasteiger partial charge is 0.305 e. The molecule has 0 aliphatic heterocycles. The second kappa shape index (κ2) is 6.89. The number of halogens is 1. The predicted molar refractivity (Wildman–Crippen MR) is 104 cm³/mol. The Kier molecular flexibility index (Phi) is 4.80. The summed E-state index contributed by atoms with van der Waals surface area (Å²) in [5, 5.41) is 0. The van der Waals surface area contributed by atoms with Gasteiger partial charge in [0, 0.05) is 5.56 Å². The van der Waals surface area contributed by atoms with Crippen LogP contribution in [-0.2, 0) is 12.0 Å². The van der Waals surface area contributed by atoms with E-state index in [0.29, 0.717) is 15.1 Å². The van der Waals surface area contributed by atoms with E-state index in [2.05, 4.69) is 31.7 Å². The van der Waals surface area contributed by atoms with Gasteiger partial charge in [-0.1, -0.05) is 50.2 Å². The van der Waals surface area contributed by atoms with Gasteiger partial charge in [-0.2, -0.15) is 4.99 Å². The number of fused-ring (bicyclic) bond motifs is 1. The molecule has 1 heterocycles. The second-order valence-electron chi connectivity index (χ2n) is 7.03. The Hall–Kier alpha value is -2.71. The van der Waals surface area contributed by atoms with Crippen LogP contribution in [0.5, 0.6) is 0 Å². The van der Waals surface area contributed by atoms with Crippen LogP contribution in [-0.4, -0.2) is 10.5 Å². The van der Waals surface area contributed by atoms with Crippen molar-refractivity contribution < 1.29 is 9.18 Å². The molecule has 0 saturated heterocycles. The summed E-state index contributed by atoms with van der Waals surface area (Å²) in [6.07, 6.45) is 5.44. The average Bonchev–Trinajstić information content (AvgIpc) is 2.91. The standard InChI is InChI=1S/C21H19FN2OS/c1-5-12-24-17-11-10-16(22)13-18(17)26-20(24)23-19(25)14-6-8-15(9-7-14)21(2,3)4/h1,6-11,13H,12H2,2-4H3. The zero-order valence-electron chi connectivity index (χ0n) is 14.9. The number of benzene rings is 2. The Bertz CT molecular complexity index is 1080. The van der Waals surface area contributed by atoms with Crippen molar-refractivity contribution in [2.45, 2.75) is 32.7 Å². The third-order valence-corrected chi connectivity index (χ3v) is 5.13. The fourth-order valence-electron chi connectivity index (χ4n) is 2.64. The molecule has 0 saturated carbocycles. The molecule has 3 nitrogen and oxygen atoms in total. The molecule has 0 aliphatic rings. The van der Waals surface area contributed by atoms with Crippen LogP contribution in [0.1, 0.15) is 36.7 Å². The monoisotopic (exact) mass is 366 g/mol. The molecule has 3 rings (SSSR count). The van der Waals surface area contributed by atoms with E-state index in [1.54, 1.807) is 22.8 Å². The lowest BCUT2D eigenvalue weighted by Gasteiger charge is -2.18. The lowest BCUT2D eigenvalue weighted by molar-refractivity contribution is 0.0998. The topological polar surface area (TPSA) is 34.4 Å². The van der Waals surface area contributed by atoms with Crippen molar-refractivity contribution in [3.05, 3.63) is 64.2 Å². The number of thiazole rings is 1. The van der Waals surface area contributed by atoms with E-state index < -0.39 is 0 Å². The van der Waals surface area contributed by atoms with Crippen LogP contribution in [0, 0.1) is 18.2 Å². The van der Waals surface area contributed by atoms with Crippen LogP contribution in [0.4, 0.5) is 4.39 Å². The highest BCUT2D eigenvalue weighted by atomic mass is 32.1. The van der Waals surface area contributed by atoms with Crippen molar-refractivity contribution in [1.82, 2.24) is 4.57 Å². The Morgan fingerprint density at radius 3 is 2.54 bits per heavy atom. The van der Waals surface area contributed by atoms with Crippen molar-refractivity contribution in [2.24, 2.45) is 4.99 Å². The molecule has 0 radical (unpaired) electrons. The summed E-state index contributed by atoms with van der Waals surface area (Å²) in [4.78, 5) is 17.3.